The van der Waals surface area contributed by atoms with Gasteiger partial charge in [-0.1, -0.05) is 13.3 Å². The average molecular weight is 251 g/mol. The van der Waals surface area contributed by atoms with Gasteiger partial charge in [0.05, 0.1) is 12.8 Å². The van der Waals surface area contributed by atoms with Gasteiger partial charge >= 0.3 is 5.97 Å². The lowest BCUT2D eigenvalue weighted by atomic mass is 9.99. The molecule has 100 valence electrons. The highest BCUT2D eigenvalue weighted by atomic mass is 16.5. The van der Waals surface area contributed by atoms with E-state index in [1.54, 1.807) is 12.1 Å². The van der Waals surface area contributed by atoms with E-state index in [1.807, 2.05) is 0 Å². The first-order valence-electron chi connectivity index (χ1n) is 6.02. The quantitative estimate of drug-likeness (QED) is 0.786. The van der Waals surface area contributed by atoms with Crippen molar-refractivity contribution in [2.75, 3.05) is 18.2 Å². The summed E-state index contributed by atoms with van der Waals surface area (Å²) in [5.74, 6) is 0.0581. The fourth-order valence-corrected chi connectivity index (χ4v) is 1.80. The number of ether oxygens (including phenoxy) is 1. The molecule has 0 unspecified atom stereocenters. The molecule has 18 heavy (non-hydrogen) atoms. The molecule has 1 rings (SSSR count). The molecule has 1 aromatic rings. The summed E-state index contributed by atoms with van der Waals surface area (Å²) in [4.78, 5) is 15.6. The Labute approximate surface area is 108 Å². The summed E-state index contributed by atoms with van der Waals surface area (Å²) in [6.45, 7) is 6.26. The standard InChI is InChI=1S/C13H21N3O2/c1-5-8-13(2,3)16-11-9(14)6-7-10(15-11)12(17)18-4/h6-7H,5,8,14H2,1-4H3,(H,15,16). The highest BCUT2D eigenvalue weighted by Crippen LogP contribution is 2.23. The van der Waals surface area contributed by atoms with Crippen LogP contribution in [-0.4, -0.2) is 23.6 Å². The predicted molar refractivity (Wildman–Crippen MR) is 72.6 cm³/mol. The van der Waals surface area contributed by atoms with E-state index in [1.165, 1.54) is 7.11 Å². The molecule has 0 aliphatic rings. The molecule has 1 aromatic heterocycles. The third kappa shape index (κ3) is 3.61. The number of carbonyl (C=O) groups is 1. The largest absolute Gasteiger partial charge is 0.464 e. The lowest BCUT2D eigenvalue weighted by molar-refractivity contribution is 0.0594. The van der Waals surface area contributed by atoms with Crippen molar-refractivity contribution >= 4 is 17.5 Å². The van der Waals surface area contributed by atoms with E-state index in [2.05, 4.69) is 35.8 Å². The summed E-state index contributed by atoms with van der Waals surface area (Å²) in [6.07, 6.45) is 2.03. The zero-order valence-electron chi connectivity index (χ0n) is 11.4. The number of carbonyl (C=O) groups excluding carboxylic acids is 1. The first kappa shape index (κ1) is 14.3. The topological polar surface area (TPSA) is 77.2 Å². The Morgan fingerprint density at radius 2 is 2.17 bits per heavy atom. The van der Waals surface area contributed by atoms with Gasteiger partial charge in [-0.3, -0.25) is 0 Å². The number of hydrogen-bond donors (Lipinski definition) is 2. The number of hydrogen-bond acceptors (Lipinski definition) is 5. The zero-order chi connectivity index (χ0) is 13.8. The second kappa shape index (κ2) is 5.71. The molecule has 3 N–H and O–H groups in total. The van der Waals surface area contributed by atoms with Crippen molar-refractivity contribution in [3.8, 4) is 0 Å². The Bertz CT molecular complexity index is 430. The molecule has 5 nitrogen and oxygen atoms in total. The smallest absolute Gasteiger partial charge is 0.356 e. The molecular formula is C13H21N3O2. The number of nitrogens with one attached hydrogen (secondary N) is 1. The summed E-state index contributed by atoms with van der Waals surface area (Å²) in [6, 6.07) is 3.21. The fourth-order valence-electron chi connectivity index (χ4n) is 1.80. The monoisotopic (exact) mass is 251 g/mol. The molecule has 0 radical (unpaired) electrons. The first-order valence-corrected chi connectivity index (χ1v) is 6.02. The molecule has 0 aliphatic carbocycles. The maximum atomic E-state index is 11.4. The third-order valence-electron chi connectivity index (χ3n) is 2.65. The van der Waals surface area contributed by atoms with Crippen LogP contribution in [0.25, 0.3) is 0 Å². The van der Waals surface area contributed by atoms with Crippen LogP contribution in [0.4, 0.5) is 11.5 Å². The Morgan fingerprint density at radius 1 is 1.50 bits per heavy atom. The van der Waals surface area contributed by atoms with E-state index < -0.39 is 5.97 Å². The van der Waals surface area contributed by atoms with Gasteiger partial charge < -0.3 is 15.8 Å². The third-order valence-corrected chi connectivity index (χ3v) is 2.65. The number of aromatic nitrogens is 1. The predicted octanol–water partition coefficient (Wildman–Crippen LogP) is 2.44. The van der Waals surface area contributed by atoms with Crippen LogP contribution < -0.4 is 11.1 Å². The molecular weight excluding hydrogens is 230 g/mol. The van der Waals surface area contributed by atoms with E-state index in [0.717, 1.165) is 12.8 Å². The summed E-state index contributed by atoms with van der Waals surface area (Å²) in [5, 5.41) is 3.26. The minimum atomic E-state index is -0.466. The van der Waals surface area contributed by atoms with Gasteiger partial charge in [-0.25, -0.2) is 9.78 Å². The van der Waals surface area contributed by atoms with Gasteiger partial charge in [0.1, 0.15) is 0 Å². The van der Waals surface area contributed by atoms with Crippen molar-refractivity contribution < 1.29 is 9.53 Å². The number of esters is 1. The minimum absolute atomic E-state index is 0.120. The normalized spacial score (nSPS) is 11.1. The van der Waals surface area contributed by atoms with E-state index in [4.69, 9.17) is 5.73 Å². The second-order valence-corrected chi connectivity index (χ2v) is 4.88. The van der Waals surface area contributed by atoms with Gasteiger partial charge in [0.2, 0.25) is 0 Å². The molecule has 0 saturated carbocycles. The van der Waals surface area contributed by atoms with E-state index in [9.17, 15) is 4.79 Å². The molecule has 0 fully saturated rings. The molecule has 0 amide bonds. The molecule has 1 heterocycles. The molecule has 0 saturated heterocycles. The molecule has 5 heteroatoms. The number of nitrogens with two attached hydrogens (primary N) is 1. The highest BCUT2D eigenvalue weighted by Gasteiger charge is 2.19. The van der Waals surface area contributed by atoms with Crippen LogP contribution in [-0.2, 0) is 4.74 Å². The lowest BCUT2D eigenvalue weighted by Crippen LogP contribution is -2.31. The second-order valence-electron chi connectivity index (χ2n) is 4.88. The van der Waals surface area contributed by atoms with Gasteiger partial charge in [0.15, 0.2) is 11.5 Å². The lowest BCUT2D eigenvalue weighted by Gasteiger charge is -2.27. The SMILES string of the molecule is CCCC(C)(C)Nc1nc(C(=O)OC)ccc1N. The van der Waals surface area contributed by atoms with Crippen LogP contribution >= 0.6 is 0 Å². The maximum Gasteiger partial charge on any atom is 0.356 e. The van der Waals surface area contributed by atoms with Gasteiger partial charge in [-0.05, 0) is 32.4 Å². The van der Waals surface area contributed by atoms with Crippen LogP contribution in [0.3, 0.4) is 0 Å². The summed E-state index contributed by atoms with van der Waals surface area (Å²) in [5.41, 5.74) is 6.51. The van der Waals surface area contributed by atoms with Crippen molar-refractivity contribution in [1.29, 1.82) is 0 Å². The molecule has 0 aliphatic heterocycles. The van der Waals surface area contributed by atoms with Gasteiger partial charge in [-0.15, -0.1) is 0 Å². The van der Waals surface area contributed by atoms with Crippen molar-refractivity contribution in [3.05, 3.63) is 17.8 Å². The molecule has 0 aromatic carbocycles. The Morgan fingerprint density at radius 3 is 2.72 bits per heavy atom. The first-order chi connectivity index (χ1) is 8.39. The average Bonchev–Trinajstić information content (AvgIpc) is 2.30. The molecule has 0 atom stereocenters. The van der Waals surface area contributed by atoms with Crippen LogP contribution in [0.2, 0.25) is 0 Å². The van der Waals surface area contributed by atoms with Crippen molar-refractivity contribution in [2.45, 2.75) is 39.2 Å². The van der Waals surface area contributed by atoms with Gasteiger partial charge in [-0.2, -0.15) is 0 Å². The van der Waals surface area contributed by atoms with E-state index in [-0.39, 0.29) is 11.2 Å². The molecule has 0 spiro atoms. The Hall–Kier alpha value is -1.78. The van der Waals surface area contributed by atoms with E-state index >= 15 is 0 Å². The summed E-state index contributed by atoms with van der Waals surface area (Å²) >= 11 is 0. The summed E-state index contributed by atoms with van der Waals surface area (Å²) in [7, 11) is 1.33. The van der Waals surface area contributed by atoms with Crippen LogP contribution in [0, 0.1) is 0 Å². The number of pyridine rings is 1. The number of rotatable bonds is 5. The minimum Gasteiger partial charge on any atom is -0.464 e. The van der Waals surface area contributed by atoms with Crippen molar-refractivity contribution in [3.63, 3.8) is 0 Å². The number of methoxy groups -OCH3 is 1. The number of nitrogens with zero attached hydrogens (tertiary/aromatic N) is 1. The van der Waals surface area contributed by atoms with Crippen molar-refractivity contribution in [1.82, 2.24) is 4.98 Å². The fraction of sp³-hybridized carbons (Fsp3) is 0.538. The van der Waals surface area contributed by atoms with Gasteiger partial charge in [0.25, 0.3) is 0 Å². The van der Waals surface area contributed by atoms with Crippen molar-refractivity contribution in [2.24, 2.45) is 0 Å². The zero-order valence-corrected chi connectivity index (χ0v) is 11.4. The highest BCUT2D eigenvalue weighted by molar-refractivity contribution is 5.88. The number of nitrogen functional groups attached to an aromatic ring is 1. The Balaban J connectivity index is 2.97. The Kier molecular flexibility index (Phi) is 4.53. The van der Waals surface area contributed by atoms with Crippen LogP contribution in [0.1, 0.15) is 44.1 Å². The van der Waals surface area contributed by atoms with Gasteiger partial charge in [0, 0.05) is 5.54 Å². The summed E-state index contributed by atoms with van der Waals surface area (Å²) < 4.78 is 4.64. The van der Waals surface area contributed by atoms with Crippen LogP contribution in [0.15, 0.2) is 12.1 Å². The number of anilines is 2. The maximum absolute atomic E-state index is 11.4. The van der Waals surface area contributed by atoms with E-state index in [0.29, 0.717) is 11.5 Å². The van der Waals surface area contributed by atoms with Crippen LogP contribution in [0.5, 0.6) is 0 Å². The molecule has 0 bridgehead atoms.